The fraction of sp³-hybridized carbons (Fsp3) is 0.833. The molecule has 0 rings (SSSR count). The third-order valence-corrected chi connectivity index (χ3v) is 2.91. The van der Waals surface area contributed by atoms with Crippen molar-refractivity contribution in [1.82, 2.24) is 5.32 Å². The van der Waals surface area contributed by atoms with Gasteiger partial charge in [0.25, 0.3) is 6.29 Å². The van der Waals surface area contributed by atoms with Crippen LogP contribution in [0.1, 0.15) is 27.7 Å². The van der Waals surface area contributed by atoms with Crippen LogP contribution in [0.15, 0.2) is 0 Å². The monoisotopic (exact) mass is 327 g/mol. The van der Waals surface area contributed by atoms with Crippen LogP contribution in [0, 0.1) is 11.8 Å². The number of halogens is 1. The molecule has 0 fully saturated rings. The first-order valence-electron chi connectivity index (χ1n) is 6.50. The van der Waals surface area contributed by atoms with Crippen molar-refractivity contribution >= 4 is 23.1 Å². The van der Waals surface area contributed by atoms with Crippen LogP contribution in [0.25, 0.3) is 0 Å². The number of carbonyl (C=O) groups excluding carboxylic acids is 2. The van der Waals surface area contributed by atoms with Gasteiger partial charge in [0.15, 0.2) is 11.1 Å². The van der Waals surface area contributed by atoms with E-state index in [9.17, 15) is 18.2 Å². The Balaban J connectivity index is 4.29. The van der Waals surface area contributed by atoms with Gasteiger partial charge in [-0.1, -0.05) is 27.7 Å². The highest BCUT2D eigenvalue weighted by Gasteiger charge is 2.24. The van der Waals surface area contributed by atoms with Crippen LogP contribution >= 0.6 is 0 Å². The van der Waals surface area contributed by atoms with Crippen molar-refractivity contribution in [3.05, 3.63) is 0 Å². The molecule has 0 bridgehead atoms. The number of hydrogen-bond acceptors (Lipinski definition) is 5. The van der Waals surface area contributed by atoms with Crippen molar-refractivity contribution in [2.45, 2.75) is 40.2 Å². The van der Waals surface area contributed by atoms with Crippen LogP contribution in [-0.4, -0.2) is 45.6 Å². The number of alkyl halides is 1. The van der Waals surface area contributed by atoms with E-state index in [2.05, 4.69) is 5.32 Å². The predicted molar refractivity (Wildman–Crippen MR) is 74.6 cm³/mol. The zero-order valence-electron chi connectivity index (χ0n) is 12.5. The van der Waals surface area contributed by atoms with Gasteiger partial charge in [-0.15, -0.1) is 0 Å². The Morgan fingerprint density at radius 1 is 1.24 bits per heavy atom. The third-order valence-electron chi connectivity index (χ3n) is 2.26. The van der Waals surface area contributed by atoms with Crippen molar-refractivity contribution in [1.29, 1.82) is 0 Å². The van der Waals surface area contributed by atoms with Gasteiger partial charge in [0.05, 0.1) is 18.2 Å². The SMILES string of the molecule is CC(C)C(=O)O[C@H](OC(=O)NC[C@@H](F)CS(=O)O)C(C)C. The number of ether oxygens (including phenoxy) is 2. The lowest BCUT2D eigenvalue weighted by molar-refractivity contribution is -0.178. The number of amides is 1. The Morgan fingerprint density at radius 2 is 1.81 bits per heavy atom. The molecule has 9 heteroatoms. The summed E-state index contributed by atoms with van der Waals surface area (Å²) in [6.45, 7) is 6.20. The topological polar surface area (TPSA) is 102 Å². The lowest BCUT2D eigenvalue weighted by Crippen LogP contribution is -2.38. The Morgan fingerprint density at radius 3 is 2.24 bits per heavy atom. The molecule has 0 aliphatic rings. The smallest absolute Gasteiger partial charge is 0.410 e. The van der Waals surface area contributed by atoms with E-state index in [-0.39, 0.29) is 11.8 Å². The Labute approximate surface area is 125 Å². The van der Waals surface area contributed by atoms with Crippen molar-refractivity contribution in [3.8, 4) is 0 Å². The summed E-state index contributed by atoms with van der Waals surface area (Å²) in [7, 11) is 0. The van der Waals surface area contributed by atoms with E-state index < -0.39 is 47.9 Å². The van der Waals surface area contributed by atoms with Crippen LogP contribution in [0.5, 0.6) is 0 Å². The van der Waals surface area contributed by atoms with Crippen molar-refractivity contribution < 1.29 is 32.2 Å². The van der Waals surface area contributed by atoms with Crippen LogP contribution in [0.2, 0.25) is 0 Å². The second-order valence-corrected chi connectivity index (χ2v) is 6.05. The molecule has 7 nitrogen and oxygen atoms in total. The average molecular weight is 327 g/mol. The molecule has 124 valence electrons. The van der Waals surface area contributed by atoms with Gasteiger partial charge in [0.2, 0.25) is 0 Å². The number of alkyl carbamates (subject to hydrolysis) is 1. The summed E-state index contributed by atoms with van der Waals surface area (Å²) in [5, 5.41) is 2.10. The highest BCUT2D eigenvalue weighted by Crippen LogP contribution is 2.11. The second kappa shape index (κ2) is 9.67. The molecule has 0 radical (unpaired) electrons. The maximum Gasteiger partial charge on any atom is 0.410 e. The van der Waals surface area contributed by atoms with E-state index in [0.717, 1.165) is 0 Å². The Bertz CT molecular complexity index is 377. The highest BCUT2D eigenvalue weighted by atomic mass is 32.2. The number of hydrogen-bond donors (Lipinski definition) is 2. The molecule has 1 amide bonds. The largest absolute Gasteiger partial charge is 0.425 e. The number of esters is 1. The lowest BCUT2D eigenvalue weighted by atomic mass is 10.2. The van der Waals surface area contributed by atoms with Crippen LogP contribution < -0.4 is 5.32 Å². The summed E-state index contributed by atoms with van der Waals surface area (Å²) in [5.41, 5.74) is 0. The van der Waals surface area contributed by atoms with Crippen LogP contribution in [0.3, 0.4) is 0 Å². The maximum absolute atomic E-state index is 13.1. The summed E-state index contributed by atoms with van der Waals surface area (Å²) < 4.78 is 41.9. The van der Waals surface area contributed by atoms with E-state index in [1.807, 2.05) is 0 Å². The molecule has 21 heavy (non-hydrogen) atoms. The standard InChI is InChI=1S/C12H22FNO6S/c1-7(2)10(15)19-11(8(3)4)20-12(16)14-5-9(13)6-21(17)18/h7-9,11H,5-6H2,1-4H3,(H,14,16)(H,17,18)/t9-,11-/m1/s1. The summed E-state index contributed by atoms with van der Waals surface area (Å²) in [4.78, 5) is 22.9. The molecule has 0 saturated heterocycles. The molecule has 0 aromatic carbocycles. The summed E-state index contributed by atoms with van der Waals surface area (Å²) >= 11 is -2.28. The molecule has 0 aromatic rings. The molecular weight excluding hydrogens is 305 g/mol. The number of nitrogens with one attached hydrogen (secondary N) is 1. The van der Waals surface area contributed by atoms with Crippen LogP contribution in [0.4, 0.5) is 9.18 Å². The first kappa shape index (κ1) is 19.8. The van der Waals surface area contributed by atoms with Gasteiger partial charge in [-0.2, -0.15) is 0 Å². The zero-order chi connectivity index (χ0) is 16.6. The fourth-order valence-corrected chi connectivity index (χ4v) is 1.53. The minimum Gasteiger partial charge on any atom is -0.425 e. The van der Waals surface area contributed by atoms with Gasteiger partial charge < -0.3 is 19.3 Å². The fourth-order valence-electron chi connectivity index (χ4n) is 1.10. The second-order valence-electron chi connectivity index (χ2n) is 5.08. The van der Waals surface area contributed by atoms with Crippen molar-refractivity contribution in [2.24, 2.45) is 11.8 Å². The van der Waals surface area contributed by atoms with E-state index in [1.165, 1.54) is 0 Å². The maximum atomic E-state index is 13.1. The van der Waals surface area contributed by atoms with Crippen molar-refractivity contribution in [3.63, 3.8) is 0 Å². The molecule has 0 saturated carbocycles. The molecule has 0 aliphatic carbocycles. The molecule has 3 atom stereocenters. The Kier molecular flexibility index (Phi) is 9.11. The summed E-state index contributed by atoms with van der Waals surface area (Å²) in [6.07, 6.45) is -3.71. The third kappa shape index (κ3) is 9.35. The van der Waals surface area contributed by atoms with Gasteiger partial charge >= 0.3 is 12.1 Å². The molecule has 0 aliphatic heterocycles. The van der Waals surface area contributed by atoms with Gasteiger partial charge in [-0.25, -0.2) is 13.4 Å². The average Bonchev–Trinajstić information content (AvgIpc) is 2.34. The minimum atomic E-state index is -2.28. The minimum absolute atomic E-state index is 0.274. The van der Waals surface area contributed by atoms with Gasteiger partial charge in [0.1, 0.15) is 6.17 Å². The number of rotatable bonds is 8. The first-order valence-corrected chi connectivity index (χ1v) is 7.77. The van der Waals surface area contributed by atoms with Gasteiger partial charge in [-0.05, 0) is 0 Å². The van der Waals surface area contributed by atoms with Gasteiger partial charge in [-0.3, -0.25) is 4.79 Å². The predicted octanol–water partition coefficient (Wildman–Crippen LogP) is 1.45. The molecule has 1 unspecified atom stereocenters. The summed E-state index contributed by atoms with van der Waals surface area (Å²) in [5.74, 6) is -1.76. The lowest BCUT2D eigenvalue weighted by Gasteiger charge is -2.22. The quantitative estimate of drug-likeness (QED) is 0.397. The van der Waals surface area contributed by atoms with E-state index in [1.54, 1.807) is 27.7 Å². The highest BCUT2D eigenvalue weighted by molar-refractivity contribution is 7.79. The van der Waals surface area contributed by atoms with E-state index in [4.69, 9.17) is 14.0 Å². The van der Waals surface area contributed by atoms with Crippen molar-refractivity contribution in [2.75, 3.05) is 12.3 Å². The zero-order valence-corrected chi connectivity index (χ0v) is 13.3. The van der Waals surface area contributed by atoms with Crippen LogP contribution in [-0.2, 0) is 25.3 Å². The molecule has 0 heterocycles. The van der Waals surface area contributed by atoms with E-state index >= 15 is 0 Å². The van der Waals surface area contributed by atoms with Gasteiger partial charge in [0, 0.05) is 5.92 Å². The Hall–Kier alpha value is -1.22. The molecule has 0 aromatic heterocycles. The molecule has 2 N–H and O–H groups in total. The molecular formula is C12H22FNO6S. The normalized spacial score (nSPS) is 15.4. The summed E-state index contributed by atoms with van der Waals surface area (Å²) in [6, 6.07) is 0. The molecule has 0 spiro atoms. The number of carbonyl (C=O) groups is 2. The van der Waals surface area contributed by atoms with E-state index in [0.29, 0.717) is 0 Å². The first-order chi connectivity index (χ1) is 9.63.